The van der Waals surface area contributed by atoms with Crippen LogP contribution in [0.3, 0.4) is 0 Å². The zero-order valence-corrected chi connectivity index (χ0v) is 21.7. The number of amides is 2. The minimum Gasteiger partial charge on any atom is -0.483 e. The highest BCUT2D eigenvalue weighted by Crippen LogP contribution is 2.25. The third-order valence-electron chi connectivity index (χ3n) is 6.07. The van der Waals surface area contributed by atoms with E-state index in [0.717, 1.165) is 21.9 Å². The maximum Gasteiger partial charge on any atom is 0.261 e. The van der Waals surface area contributed by atoms with E-state index in [2.05, 4.69) is 5.32 Å². The number of nitrogens with one attached hydrogen (secondary N) is 1. The normalized spacial score (nSPS) is 12.1. The Balaban J connectivity index is 1.64. The number of carbonyl (C=O) groups excluding carboxylic acids is 2. The zero-order valence-electron chi connectivity index (χ0n) is 21.7. The first kappa shape index (κ1) is 26.0. The van der Waals surface area contributed by atoms with E-state index in [0.29, 0.717) is 18.7 Å². The average Bonchev–Trinajstić information content (AvgIpc) is 2.89. The lowest BCUT2D eigenvalue weighted by Crippen LogP contribution is -2.55. The third kappa shape index (κ3) is 7.20. The second-order valence-corrected chi connectivity index (χ2v) is 10.2. The van der Waals surface area contributed by atoms with Crippen molar-refractivity contribution in [2.45, 2.75) is 45.3 Å². The van der Waals surface area contributed by atoms with Crippen LogP contribution in [0.2, 0.25) is 0 Å². The molecule has 4 rings (SSSR count). The van der Waals surface area contributed by atoms with Crippen molar-refractivity contribution in [3.05, 3.63) is 114 Å². The van der Waals surface area contributed by atoms with Crippen molar-refractivity contribution in [2.75, 3.05) is 6.61 Å². The number of hydrogen-bond acceptors (Lipinski definition) is 3. The molecular formula is C32H34N2O3. The van der Waals surface area contributed by atoms with E-state index in [1.165, 1.54) is 0 Å². The van der Waals surface area contributed by atoms with Gasteiger partial charge < -0.3 is 15.0 Å². The Kier molecular flexibility index (Phi) is 8.24. The Hall–Kier alpha value is -4.12. The fourth-order valence-electron chi connectivity index (χ4n) is 4.33. The van der Waals surface area contributed by atoms with Gasteiger partial charge in [0.15, 0.2) is 6.61 Å². The Morgan fingerprint density at radius 2 is 1.38 bits per heavy atom. The van der Waals surface area contributed by atoms with Crippen LogP contribution in [0.4, 0.5) is 0 Å². The van der Waals surface area contributed by atoms with Crippen LogP contribution in [0.25, 0.3) is 10.8 Å². The summed E-state index contributed by atoms with van der Waals surface area (Å²) >= 11 is 0. The topological polar surface area (TPSA) is 58.6 Å². The third-order valence-corrected chi connectivity index (χ3v) is 6.07. The molecule has 5 nitrogen and oxygen atoms in total. The van der Waals surface area contributed by atoms with E-state index in [4.69, 9.17) is 4.74 Å². The van der Waals surface area contributed by atoms with Crippen LogP contribution < -0.4 is 10.1 Å². The van der Waals surface area contributed by atoms with E-state index < -0.39 is 11.6 Å². The van der Waals surface area contributed by atoms with Gasteiger partial charge in [0.25, 0.3) is 5.91 Å². The SMILES string of the molecule is CC(C)(C)NC(=O)[C@H](Cc1ccccc1)N(Cc1ccccc1)C(=O)COc1cccc2ccccc12. The van der Waals surface area contributed by atoms with Gasteiger partial charge in [-0.3, -0.25) is 9.59 Å². The summed E-state index contributed by atoms with van der Waals surface area (Å²) in [5.74, 6) is 0.206. The van der Waals surface area contributed by atoms with Gasteiger partial charge in [-0.1, -0.05) is 97.1 Å². The number of ether oxygens (including phenoxy) is 1. The maximum absolute atomic E-state index is 13.8. The molecule has 0 spiro atoms. The van der Waals surface area contributed by atoms with Gasteiger partial charge in [0.2, 0.25) is 5.91 Å². The summed E-state index contributed by atoms with van der Waals surface area (Å²) in [4.78, 5) is 29.0. The van der Waals surface area contributed by atoms with Crippen LogP contribution in [0.5, 0.6) is 5.75 Å². The Morgan fingerprint density at radius 3 is 2.05 bits per heavy atom. The smallest absolute Gasteiger partial charge is 0.261 e. The van der Waals surface area contributed by atoms with E-state index >= 15 is 0 Å². The summed E-state index contributed by atoms with van der Waals surface area (Å²) in [6.07, 6.45) is 0.398. The summed E-state index contributed by atoms with van der Waals surface area (Å²) < 4.78 is 6.06. The fourth-order valence-corrected chi connectivity index (χ4v) is 4.33. The van der Waals surface area contributed by atoms with Crippen molar-refractivity contribution in [1.82, 2.24) is 10.2 Å². The monoisotopic (exact) mass is 494 g/mol. The van der Waals surface area contributed by atoms with Crippen molar-refractivity contribution in [3.63, 3.8) is 0 Å². The highest BCUT2D eigenvalue weighted by atomic mass is 16.5. The molecule has 0 fully saturated rings. The predicted molar refractivity (Wildman–Crippen MR) is 148 cm³/mol. The summed E-state index contributed by atoms with van der Waals surface area (Å²) in [6, 6.07) is 32.5. The number of carbonyl (C=O) groups is 2. The Morgan fingerprint density at radius 1 is 0.784 bits per heavy atom. The van der Waals surface area contributed by atoms with Gasteiger partial charge in [-0.2, -0.15) is 0 Å². The quantitative estimate of drug-likeness (QED) is 0.321. The molecule has 4 aromatic rings. The molecule has 4 aromatic carbocycles. The van der Waals surface area contributed by atoms with Crippen molar-refractivity contribution in [2.24, 2.45) is 0 Å². The molecule has 0 saturated carbocycles. The van der Waals surface area contributed by atoms with Gasteiger partial charge in [0.1, 0.15) is 11.8 Å². The molecule has 1 N–H and O–H groups in total. The van der Waals surface area contributed by atoms with Gasteiger partial charge in [0, 0.05) is 23.9 Å². The summed E-state index contributed by atoms with van der Waals surface area (Å²) in [7, 11) is 0. The van der Waals surface area contributed by atoms with Gasteiger partial charge in [-0.15, -0.1) is 0 Å². The average molecular weight is 495 g/mol. The number of rotatable bonds is 9. The molecule has 0 saturated heterocycles. The van der Waals surface area contributed by atoms with Crippen molar-refractivity contribution in [1.29, 1.82) is 0 Å². The van der Waals surface area contributed by atoms with Gasteiger partial charge >= 0.3 is 0 Å². The van der Waals surface area contributed by atoms with Crippen LogP contribution in [0.15, 0.2) is 103 Å². The van der Waals surface area contributed by atoms with E-state index in [1.54, 1.807) is 4.90 Å². The first-order chi connectivity index (χ1) is 17.8. The molecular weight excluding hydrogens is 460 g/mol. The minimum absolute atomic E-state index is 0.172. The lowest BCUT2D eigenvalue weighted by Gasteiger charge is -2.33. The number of benzene rings is 4. The lowest BCUT2D eigenvalue weighted by atomic mass is 10.0. The summed E-state index contributed by atoms with van der Waals surface area (Å²) in [5.41, 5.74) is 1.49. The highest BCUT2D eigenvalue weighted by Gasteiger charge is 2.32. The van der Waals surface area contributed by atoms with E-state index in [-0.39, 0.29) is 18.4 Å². The molecule has 0 radical (unpaired) electrons. The van der Waals surface area contributed by atoms with Crippen LogP contribution in [-0.4, -0.2) is 34.9 Å². The molecule has 0 heterocycles. The maximum atomic E-state index is 13.8. The molecule has 0 aliphatic heterocycles. The minimum atomic E-state index is -0.703. The van der Waals surface area contributed by atoms with E-state index in [1.807, 2.05) is 124 Å². The molecule has 5 heteroatoms. The standard InChI is InChI=1S/C32H34N2O3/c1-32(2,3)33-31(36)28(21-24-13-6-4-7-14-24)34(22-25-15-8-5-9-16-25)30(35)23-37-29-20-12-18-26-17-10-11-19-27(26)29/h4-20,28H,21-23H2,1-3H3,(H,33,36)/t28-/m0/s1. The van der Waals surface area contributed by atoms with Crippen molar-refractivity contribution in [3.8, 4) is 5.75 Å². The van der Waals surface area contributed by atoms with Crippen LogP contribution in [0.1, 0.15) is 31.9 Å². The molecule has 1 atom stereocenters. The molecule has 0 aromatic heterocycles. The van der Waals surface area contributed by atoms with Crippen LogP contribution in [-0.2, 0) is 22.6 Å². The van der Waals surface area contributed by atoms with Crippen LogP contribution in [0, 0.1) is 0 Å². The Bertz CT molecular complexity index is 1330. The zero-order chi connectivity index (χ0) is 26.3. The second-order valence-electron chi connectivity index (χ2n) is 10.2. The largest absolute Gasteiger partial charge is 0.483 e. The fraction of sp³-hybridized carbons (Fsp3) is 0.250. The molecule has 2 amide bonds. The van der Waals surface area contributed by atoms with Crippen molar-refractivity contribution >= 4 is 22.6 Å². The molecule has 0 aliphatic rings. The first-order valence-electron chi connectivity index (χ1n) is 12.6. The molecule has 0 bridgehead atoms. The number of fused-ring (bicyclic) bond motifs is 1. The molecule has 190 valence electrons. The van der Waals surface area contributed by atoms with Crippen LogP contribution >= 0.6 is 0 Å². The van der Waals surface area contributed by atoms with Crippen molar-refractivity contribution < 1.29 is 14.3 Å². The Labute approximate surface area is 219 Å². The van der Waals surface area contributed by atoms with Gasteiger partial charge in [-0.25, -0.2) is 0 Å². The number of hydrogen-bond donors (Lipinski definition) is 1. The van der Waals surface area contributed by atoms with Gasteiger partial charge in [-0.05, 0) is 43.4 Å². The first-order valence-corrected chi connectivity index (χ1v) is 12.6. The highest BCUT2D eigenvalue weighted by molar-refractivity contribution is 5.90. The summed E-state index contributed by atoms with van der Waals surface area (Å²) in [6.45, 7) is 5.95. The second kappa shape index (κ2) is 11.7. The molecule has 0 aliphatic carbocycles. The number of nitrogens with zero attached hydrogens (tertiary/aromatic N) is 1. The predicted octanol–water partition coefficient (Wildman–Crippen LogP) is 5.77. The summed E-state index contributed by atoms with van der Waals surface area (Å²) in [5, 5.41) is 5.07. The lowest BCUT2D eigenvalue weighted by molar-refractivity contribution is -0.143. The molecule has 0 unspecified atom stereocenters. The van der Waals surface area contributed by atoms with E-state index in [9.17, 15) is 9.59 Å². The molecule has 37 heavy (non-hydrogen) atoms. The van der Waals surface area contributed by atoms with Gasteiger partial charge in [0.05, 0.1) is 0 Å².